The molecule has 1 atom stereocenters. The Morgan fingerprint density at radius 3 is 2.83 bits per heavy atom. The first kappa shape index (κ1) is 16.0. The summed E-state index contributed by atoms with van der Waals surface area (Å²) in [6, 6.07) is 9.15. The Morgan fingerprint density at radius 2 is 2.12 bits per heavy atom. The van der Waals surface area contributed by atoms with Gasteiger partial charge in [0, 0.05) is 26.1 Å². The minimum absolute atomic E-state index is 0.141. The second-order valence-electron chi connectivity index (χ2n) is 5.81. The quantitative estimate of drug-likeness (QED) is 0.929. The van der Waals surface area contributed by atoms with Gasteiger partial charge in [0.25, 0.3) is 5.91 Å². The van der Waals surface area contributed by atoms with E-state index in [0.29, 0.717) is 23.8 Å². The number of amides is 2. The highest BCUT2D eigenvalue weighted by Gasteiger charge is 2.31. The molecule has 1 N–H and O–H groups in total. The Hall–Kier alpha value is -2.83. The number of rotatable bonds is 4. The van der Waals surface area contributed by atoms with Gasteiger partial charge in [-0.1, -0.05) is 12.1 Å². The van der Waals surface area contributed by atoms with E-state index < -0.39 is 6.10 Å². The zero-order valence-corrected chi connectivity index (χ0v) is 13.9. The number of para-hydroxylation sites is 2. The molecule has 2 aromatic rings. The molecule has 3 rings (SSSR count). The first-order valence-corrected chi connectivity index (χ1v) is 7.83. The van der Waals surface area contributed by atoms with Crippen LogP contribution in [0.1, 0.15) is 19.0 Å². The summed E-state index contributed by atoms with van der Waals surface area (Å²) in [7, 11) is 1.77. The normalized spacial score (nSPS) is 16.5. The van der Waals surface area contributed by atoms with Crippen LogP contribution in [0.3, 0.4) is 0 Å². The summed E-state index contributed by atoms with van der Waals surface area (Å²) < 4.78 is 7.21. The molecule has 0 spiro atoms. The van der Waals surface area contributed by atoms with Crippen molar-refractivity contribution in [2.45, 2.75) is 26.4 Å². The van der Waals surface area contributed by atoms with Gasteiger partial charge in [-0.2, -0.15) is 5.10 Å². The van der Waals surface area contributed by atoms with Crippen molar-refractivity contribution in [1.82, 2.24) is 9.78 Å². The van der Waals surface area contributed by atoms with Crippen LogP contribution >= 0.6 is 0 Å². The van der Waals surface area contributed by atoms with Gasteiger partial charge >= 0.3 is 0 Å². The predicted octanol–water partition coefficient (Wildman–Crippen LogP) is 1.87. The number of aryl methyl sites for hydroxylation is 2. The van der Waals surface area contributed by atoms with Crippen LogP contribution in [0.2, 0.25) is 0 Å². The summed E-state index contributed by atoms with van der Waals surface area (Å²) in [5.74, 6) is 0.993. The fourth-order valence-corrected chi connectivity index (χ4v) is 2.74. The molecule has 2 amide bonds. The van der Waals surface area contributed by atoms with E-state index in [0.717, 1.165) is 5.69 Å². The maximum absolute atomic E-state index is 12.4. The molecule has 1 aliphatic heterocycles. The standard InChI is InChI=1S/C17H20N4O3/c1-11-10-15(20(3)19-11)18-16(22)8-9-21-13-6-4-5-7-14(13)24-12(2)17(21)23/h4-7,10,12H,8-9H2,1-3H3,(H,18,22). The molecule has 1 aromatic heterocycles. The first-order valence-electron chi connectivity index (χ1n) is 7.83. The zero-order chi connectivity index (χ0) is 17.3. The number of aromatic nitrogens is 2. The van der Waals surface area contributed by atoms with Gasteiger partial charge in [-0.25, -0.2) is 0 Å². The monoisotopic (exact) mass is 328 g/mol. The highest BCUT2D eigenvalue weighted by molar-refractivity contribution is 6.00. The number of hydrogen-bond donors (Lipinski definition) is 1. The van der Waals surface area contributed by atoms with Gasteiger partial charge in [-0.15, -0.1) is 0 Å². The van der Waals surface area contributed by atoms with E-state index >= 15 is 0 Å². The molecule has 7 heteroatoms. The van der Waals surface area contributed by atoms with Crippen LogP contribution in [0.5, 0.6) is 5.75 Å². The van der Waals surface area contributed by atoms with Crippen molar-refractivity contribution >= 4 is 23.3 Å². The maximum atomic E-state index is 12.4. The second kappa shape index (κ2) is 6.35. The van der Waals surface area contributed by atoms with Gasteiger partial charge in [-0.3, -0.25) is 14.3 Å². The number of nitrogens with one attached hydrogen (secondary N) is 1. The Balaban J connectivity index is 1.68. The van der Waals surface area contributed by atoms with Crippen molar-refractivity contribution in [3.63, 3.8) is 0 Å². The van der Waals surface area contributed by atoms with E-state index in [2.05, 4.69) is 10.4 Å². The molecule has 0 fully saturated rings. The predicted molar refractivity (Wildman–Crippen MR) is 90.1 cm³/mol. The van der Waals surface area contributed by atoms with Crippen LogP contribution in [0.15, 0.2) is 30.3 Å². The number of carbonyl (C=O) groups is 2. The summed E-state index contributed by atoms with van der Waals surface area (Å²) in [6.07, 6.45) is -0.362. The lowest BCUT2D eigenvalue weighted by atomic mass is 10.1. The molecule has 1 unspecified atom stereocenters. The lowest BCUT2D eigenvalue weighted by Gasteiger charge is -2.32. The van der Waals surface area contributed by atoms with E-state index in [-0.39, 0.29) is 18.2 Å². The van der Waals surface area contributed by atoms with E-state index in [1.165, 1.54) is 0 Å². The second-order valence-corrected chi connectivity index (χ2v) is 5.81. The minimum Gasteiger partial charge on any atom is -0.479 e. The average Bonchev–Trinajstić information content (AvgIpc) is 2.85. The third-order valence-electron chi connectivity index (χ3n) is 3.91. The number of fused-ring (bicyclic) bond motifs is 1. The Kier molecular flexibility index (Phi) is 4.24. The van der Waals surface area contributed by atoms with Crippen LogP contribution in [-0.4, -0.2) is 34.2 Å². The zero-order valence-electron chi connectivity index (χ0n) is 13.9. The topological polar surface area (TPSA) is 76.5 Å². The minimum atomic E-state index is -0.553. The number of benzene rings is 1. The molecule has 1 aromatic carbocycles. The van der Waals surface area contributed by atoms with Crippen molar-refractivity contribution < 1.29 is 14.3 Å². The van der Waals surface area contributed by atoms with Gasteiger partial charge in [-0.05, 0) is 26.0 Å². The summed E-state index contributed by atoms with van der Waals surface area (Å²) >= 11 is 0. The molecule has 0 aliphatic carbocycles. The van der Waals surface area contributed by atoms with Gasteiger partial charge < -0.3 is 15.0 Å². The van der Waals surface area contributed by atoms with Crippen molar-refractivity contribution in [3.8, 4) is 5.75 Å². The SMILES string of the molecule is Cc1cc(NC(=O)CCN2C(=O)C(C)Oc3ccccc32)n(C)n1. The molecule has 126 valence electrons. The molecule has 7 nitrogen and oxygen atoms in total. The maximum Gasteiger partial charge on any atom is 0.267 e. The fraction of sp³-hybridized carbons (Fsp3) is 0.353. The van der Waals surface area contributed by atoms with Crippen molar-refractivity contribution in [1.29, 1.82) is 0 Å². The third-order valence-corrected chi connectivity index (χ3v) is 3.91. The number of hydrogen-bond acceptors (Lipinski definition) is 4. The molecule has 1 aliphatic rings. The molecule has 0 bridgehead atoms. The van der Waals surface area contributed by atoms with E-state index in [1.54, 1.807) is 29.6 Å². The van der Waals surface area contributed by atoms with Crippen LogP contribution in [-0.2, 0) is 16.6 Å². The number of anilines is 2. The fourth-order valence-electron chi connectivity index (χ4n) is 2.74. The van der Waals surface area contributed by atoms with E-state index in [1.807, 2.05) is 31.2 Å². The van der Waals surface area contributed by atoms with Gasteiger partial charge in [0.15, 0.2) is 6.10 Å². The Morgan fingerprint density at radius 1 is 1.38 bits per heavy atom. The van der Waals surface area contributed by atoms with Crippen LogP contribution in [0.4, 0.5) is 11.5 Å². The van der Waals surface area contributed by atoms with Crippen LogP contribution in [0.25, 0.3) is 0 Å². The van der Waals surface area contributed by atoms with Crippen LogP contribution in [0, 0.1) is 6.92 Å². The molecule has 2 heterocycles. The highest BCUT2D eigenvalue weighted by Crippen LogP contribution is 2.33. The highest BCUT2D eigenvalue weighted by atomic mass is 16.5. The summed E-state index contributed by atoms with van der Waals surface area (Å²) in [5, 5.41) is 7.00. The smallest absolute Gasteiger partial charge is 0.267 e. The number of carbonyl (C=O) groups excluding carboxylic acids is 2. The Bertz CT molecular complexity index is 784. The lowest BCUT2D eigenvalue weighted by Crippen LogP contribution is -2.45. The Labute approximate surface area is 140 Å². The molecule has 0 saturated carbocycles. The summed E-state index contributed by atoms with van der Waals surface area (Å²) in [4.78, 5) is 26.2. The summed E-state index contributed by atoms with van der Waals surface area (Å²) in [6.45, 7) is 3.87. The molecular formula is C17H20N4O3. The lowest BCUT2D eigenvalue weighted by molar-refractivity contribution is -0.125. The van der Waals surface area contributed by atoms with Crippen molar-refractivity contribution in [2.75, 3.05) is 16.8 Å². The third kappa shape index (κ3) is 3.10. The molecular weight excluding hydrogens is 308 g/mol. The van der Waals surface area contributed by atoms with Gasteiger partial charge in [0.05, 0.1) is 11.4 Å². The van der Waals surface area contributed by atoms with Gasteiger partial charge in [0.1, 0.15) is 11.6 Å². The average molecular weight is 328 g/mol. The first-order chi connectivity index (χ1) is 11.5. The van der Waals surface area contributed by atoms with Gasteiger partial charge in [0.2, 0.25) is 5.91 Å². The van der Waals surface area contributed by atoms with E-state index in [4.69, 9.17) is 4.74 Å². The summed E-state index contributed by atoms with van der Waals surface area (Å²) in [5.41, 5.74) is 1.53. The number of nitrogens with zero attached hydrogens (tertiary/aromatic N) is 3. The molecule has 0 radical (unpaired) electrons. The molecule has 0 saturated heterocycles. The largest absolute Gasteiger partial charge is 0.479 e. The van der Waals surface area contributed by atoms with Crippen molar-refractivity contribution in [2.24, 2.45) is 7.05 Å². The molecule has 24 heavy (non-hydrogen) atoms. The van der Waals surface area contributed by atoms with Crippen molar-refractivity contribution in [3.05, 3.63) is 36.0 Å². The van der Waals surface area contributed by atoms with E-state index in [9.17, 15) is 9.59 Å². The number of ether oxygens (including phenoxy) is 1. The van der Waals surface area contributed by atoms with Crippen LogP contribution < -0.4 is 15.0 Å².